The number of carbonyl (C=O) groups is 1. The van der Waals surface area contributed by atoms with E-state index < -0.39 is 6.03 Å². The zero-order chi connectivity index (χ0) is 21.6. The Bertz CT molecular complexity index is 831. The van der Waals surface area contributed by atoms with E-state index in [1.54, 1.807) is 0 Å². The topological polar surface area (TPSA) is 82.2 Å². The minimum absolute atomic E-state index is 0.0393. The Morgan fingerprint density at radius 1 is 1.14 bits per heavy atom. The van der Waals surface area contributed by atoms with Gasteiger partial charge in [-0.15, -0.1) is 5.11 Å². The number of nitrogens with zero attached hydrogens (tertiary/aromatic N) is 4. The van der Waals surface area contributed by atoms with E-state index in [-0.39, 0.29) is 5.88 Å². The number of hydrogen-bond acceptors (Lipinski definition) is 4. The van der Waals surface area contributed by atoms with E-state index in [0.29, 0.717) is 36.8 Å². The highest BCUT2D eigenvalue weighted by molar-refractivity contribution is 5.95. The van der Waals surface area contributed by atoms with Gasteiger partial charge in [-0.2, -0.15) is 0 Å². The average Bonchev–Trinajstić information content (AvgIpc) is 2.91. The molecule has 0 spiro atoms. The first-order valence-electron chi connectivity index (χ1n) is 10.5. The molecule has 160 valence electrons. The molecule has 0 aliphatic heterocycles. The highest BCUT2D eigenvalue weighted by Crippen LogP contribution is 2.38. The van der Waals surface area contributed by atoms with Crippen molar-refractivity contribution in [2.75, 3.05) is 13.1 Å². The molecule has 7 heteroatoms. The Balaban J connectivity index is 2.23. The van der Waals surface area contributed by atoms with E-state index >= 15 is 0 Å². The van der Waals surface area contributed by atoms with E-state index in [0.717, 1.165) is 23.9 Å². The molecule has 1 aromatic carbocycles. The number of aromatic nitrogens is 1. The third-order valence-corrected chi connectivity index (χ3v) is 5.06. The first kappa shape index (κ1) is 22.9. The third kappa shape index (κ3) is 6.03. The van der Waals surface area contributed by atoms with Gasteiger partial charge >= 0.3 is 6.03 Å². The van der Waals surface area contributed by atoms with Crippen molar-refractivity contribution in [2.45, 2.75) is 66.6 Å². The molecule has 0 aliphatic carbocycles. The van der Waals surface area contributed by atoms with Gasteiger partial charge in [-0.05, 0) is 46.1 Å². The van der Waals surface area contributed by atoms with Crippen LogP contribution >= 0.6 is 0 Å². The fourth-order valence-electron chi connectivity index (χ4n) is 3.52. The Morgan fingerprint density at radius 2 is 1.79 bits per heavy atom. The zero-order valence-electron chi connectivity index (χ0n) is 18.5. The number of rotatable bonds is 9. The first-order chi connectivity index (χ1) is 13.7. The molecule has 1 heterocycles. The Labute approximate surface area is 173 Å². The van der Waals surface area contributed by atoms with Gasteiger partial charge in [0.25, 0.3) is 0 Å². The van der Waals surface area contributed by atoms with Crippen LogP contribution < -0.4 is 5.32 Å². The molecule has 2 amide bonds. The molecule has 0 atom stereocenters. The summed E-state index contributed by atoms with van der Waals surface area (Å²) in [4.78, 5) is 14.3. The molecule has 1 aromatic heterocycles. The fraction of sp³-hybridized carbons (Fsp3) is 0.591. The van der Waals surface area contributed by atoms with E-state index in [1.165, 1.54) is 0 Å². The molecule has 2 N–H and O–H groups in total. The second-order valence-corrected chi connectivity index (χ2v) is 8.38. The summed E-state index contributed by atoms with van der Waals surface area (Å²) >= 11 is 0. The second-order valence-electron chi connectivity index (χ2n) is 8.38. The minimum atomic E-state index is -0.493. The van der Waals surface area contributed by atoms with E-state index in [2.05, 4.69) is 62.0 Å². The summed E-state index contributed by atoms with van der Waals surface area (Å²) in [6, 6.07) is 7.99. The molecular formula is C22H35N5O2. The number of urea groups is 1. The SMILES string of the molecule is CC(C)CCNC(=O)N=Nc1c(O)n(CCN(C(C)C)C(C)C)c2ccccc12. The number of benzene rings is 1. The normalized spacial score (nSPS) is 12.3. The molecule has 0 radical (unpaired) electrons. The molecule has 7 nitrogen and oxygen atoms in total. The quantitative estimate of drug-likeness (QED) is 0.559. The highest BCUT2D eigenvalue weighted by Gasteiger charge is 2.19. The summed E-state index contributed by atoms with van der Waals surface area (Å²) in [6.45, 7) is 14.9. The number of nitrogens with one attached hydrogen (secondary N) is 1. The molecule has 0 bridgehead atoms. The van der Waals surface area contributed by atoms with Crippen molar-refractivity contribution >= 4 is 22.6 Å². The van der Waals surface area contributed by atoms with Gasteiger partial charge in [0.2, 0.25) is 5.88 Å². The molecule has 2 rings (SSSR count). The lowest BCUT2D eigenvalue weighted by molar-refractivity contribution is 0.167. The maximum absolute atomic E-state index is 12.0. The summed E-state index contributed by atoms with van der Waals surface area (Å²) in [6.07, 6.45) is 0.883. The Morgan fingerprint density at radius 3 is 2.41 bits per heavy atom. The van der Waals surface area contributed by atoms with Crippen LogP contribution in [-0.4, -0.2) is 45.8 Å². The van der Waals surface area contributed by atoms with Crippen LogP contribution in [0.5, 0.6) is 5.88 Å². The van der Waals surface area contributed by atoms with Crippen LogP contribution in [0.15, 0.2) is 34.5 Å². The van der Waals surface area contributed by atoms with Crippen LogP contribution in [0.1, 0.15) is 48.0 Å². The van der Waals surface area contributed by atoms with E-state index in [1.807, 2.05) is 28.8 Å². The van der Waals surface area contributed by atoms with Crippen molar-refractivity contribution in [3.63, 3.8) is 0 Å². The summed E-state index contributed by atoms with van der Waals surface area (Å²) in [5.74, 6) is 0.544. The number of amides is 2. The zero-order valence-corrected chi connectivity index (χ0v) is 18.5. The van der Waals surface area contributed by atoms with Crippen LogP contribution in [-0.2, 0) is 6.54 Å². The van der Waals surface area contributed by atoms with Gasteiger partial charge in [-0.1, -0.05) is 37.2 Å². The lowest BCUT2D eigenvalue weighted by atomic mass is 10.1. The maximum Gasteiger partial charge on any atom is 0.359 e. The van der Waals surface area contributed by atoms with Gasteiger partial charge in [-0.25, -0.2) is 4.79 Å². The number of para-hydroxylation sites is 1. The average molecular weight is 402 g/mol. The maximum atomic E-state index is 12.0. The Kier molecular flexibility index (Phi) is 8.20. The second kappa shape index (κ2) is 10.4. The monoisotopic (exact) mass is 401 g/mol. The van der Waals surface area contributed by atoms with E-state index in [4.69, 9.17) is 0 Å². The number of azo groups is 1. The number of hydrogen-bond donors (Lipinski definition) is 2. The molecule has 2 aromatic rings. The van der Waals surface area contributed by atoms with E-state index in [9.17, 15) is 9.90 Å². The molecule has 0 fully saturated rings. The summed E-state index contributed by atoms with van der Waals surface area (Å²) in [5, 5.41) is 22.2. The Hall–Kier alpha value is -2.41. The van der Waals surface area contributed by atoms with Gasteiger partial charge < -0.3 is 15.0 Å². The predicted octanol–water partition coefficient (Wildman–Crippen LogP) is 5.31. The number of carbonyl (C=O) groups excluding carboxylic acids is 1. The van der Waals surface area contributed by atoms with Crippen molar-refractivity contribution in [3.8, 4) is 5.88 Å². The molecule has 0 aliphatic rings. The lowest BCUT2D eigenvalue weighted by Gasteiger charge is -2.30. The molecule has 0 unspecified atom stereocenters. The molecule has 29 heavy (non-hydrogen) atoms. The van der Waals surface area contributed by atoms with Crippen LogP contribution in [0.2, 0.25) is 0 Å². The standard InChI is InChI=1S/C22H35N5O2/c1-15(2)11-12-23-22(29)25-24-20-18-9-7-8-10-19(18)27(21(20)28)14-13-26(16(3)4)17(5)6/h7-10,15-17,28H,11-14H2,1-6H3,(H,23,29). The largest absolute Gasteiger partial charge is 0.493 e. The minimum Gasteiger partial charge on any atom is -0.493 e. The molecule has 0 saturated heterocycles. The van der Waals surface area contributed by atoms with Crippen molar-refractivity contribution in [3.05, 3.63) is 24.3 Å². The van der Waals surface area contributed by atoms with Crippen molar-refractivity contribution < 1.29 is 9.90 Å². The van der Waals surface area contributed by atoms with Gasteiger partial charge in [0.1, 0.15) is 0 Å². The van der Waals surface area contributed by atoms with Gasteiger partial charge in [0.15, 0.2) is 5.69 Å². The fourth-order valence-corrected chi connectivity index (χ4v) is 3.52. The smallest absolute Gasteiger partial charge is 0.359 e. The molecular weight excluding hydrogens is 366 g/mol. The first-order valence-corrected chi connectivity index (χ1v) is 10.5. The number of fused-ring (bicyclic) bond motifs is 1. The summed E-state index contributed by atoms with van der Waals surface area (Å²) < 4.78 is 1.85. The van der Waals surface area contributed by atoms with Crippen molar-refractivity contribution in [1.29, 1.82) is 0 Å². The third-order valence-electron chi connectivity index (χ3n) is 5.06. The van der Waals surface area contributed by atoms with Gasteiger partial charge in [-0.3, -0.25) is 4.90 Å². The van der Waals surface area contributed by atoms with Crippen molar-refractivity contribution in [2.24, 2.45) is 16.1 Å². The van der Waals surface area contributed by atoms with Crippen molar-refractivity contribution in [1.82, 2.24) is 14.8 Å². The van der Waals surface area contributed by atoms with Crippen LogP contribution in [0.25, 0.3) is 10.9 Å². The van der Waals surface area contributed by atoms with Gasteiger partial charge in [0, 0.05) is 37.1 Å². The van der Waals surface area contributed by atoms with Crippen LogP contribution in [0.3, 0.4) is 0 Å². The lowest BCUT2D eigenvalue weighted by Crippen LogP contribution is -2.39. The summed E-state index contributed by atoms with van der Waals surface area (Å²) in [5.41, 5.74) is 1.21. The van der Waals surface area contributed by atoms with Crippen LogP contribution in [0.4, 0.5) is 10.5 Å². The summed E-state index contributed by atoms with van der Waals surface area (Å²) in [7, 11) is 0. The van der Waals surface area contributed by atoms with Gasteiger partial charge in [0.05, 0.1) is 5.52 Å². The highest BCUT2D eigenvalue weighted by atomic mass is 16.3. The number of aromatic hydroxyl groups is 1. The van der Waals surface area contributed by atoms with Crippen LogP contribution in [0, 0.1) is 5.92 Å². The molecule has 0 saturated carbocycles. The predicted molar refractivity (Wildman–Crippen MR) is 118 cm³/mol.